The molecular formula is C20H33N2O7. The Bertz CT molecular complexity index is 537. The Labute approximate surface area is 171 Å². The van der Waals surface area contributed by atoms with Crippen molar-refractivity contribution in [2.75, 3.05) is 0 Å². The maximum atomic E-state index is 11.2. The van der Waals surface area contributed by atoms with Gasteiger partial charge in [-0.2, -0.15) is 0 Å². The first-order valence-corrected chi connectivity index (χ1v) is 10.1. The lowest BCUT2D eigenvalue weighted by Crippen LogP contribution is -2.33. The highest BCUT2D eigenvalue weighted by Crippen LogP contribution is 2.14. The molecule has 0 heterocycles. The SMILES string of the molecule is CCCCC/C=C\CC(O)C(C/C=C\CC(C(O)CCC[C]=O)[N+](=O)[O-])[N+](=O)[O-]. The lowest BCUT2D eigenvalue weighted by molar-refractivity contribution is -0.534. The number of hydrogen-bond acceptors (Lipinski definition) is 7. The second kappa shape index (κ2) is 16.8. The molecule has 0 bridgehead atoms. The monoisotopic (exact) mass is 413 g/mol. The molecule has 0 aliphatic carbocycles. The summed E-state index contributed by atoms with van der Waals surface area (Å²) in [5, 5.41) is 42.3. The second-order valence-electron chi connectivity index (χ2n) is 7.02. The minimum atomic E-state index is -1.25. The average molecular weight is 413 g/mol. The molecule has 0 spiro atoms. The van der Waals surface area contributed by atoms with E-state index in [1.165, 1.54) is 12.2 Å². The van der Waals surface area contributed by atoms with E-state index in [1.807, 2.05) is 6.08 Å². The Morgan fingerprint density at radius 2 is 1.41 bits per heavy atom. The van der Waals surface area contributed by atoms with Crippen LogP contribution < -0.4 is 0 Å². The Morgan fingerprint density at radius 1 is 0.862 bits per heavy atom. The number of aliphatic hydroxyl groups is 2. The van der Waals surface area contributed by atoms with E-state index >= 15 is 0 Å². The highest BCUT2D eigenvalue weighted by atomic mass is 16.6. The number of nitro groups is 2. The standard InChI is InChI=1S/C20H33N2O7/c1-2-3-4-5-6-7-14-19(24)17(21(26)27)12-8-9-13-18(22(28)29)20(25)15-10-11-16-23/h6-9,17-20,24-25H,2-5,10-15H2,1H3/b7-6-,9-8-. The van der Waals surface area contributed by atoms with Gasteiger partial charge in [0.25, 0.3) is 0 Å². The molecule has 9 nitrogen and oxygen atoms in total. The predicted molar refractivity (Wildman–Crippen MR) is 109 cm³/mol. The van der Waals surface area contributed by atoms with Gasteiger partial charge in [0, 0.05) is 29.1 Å². The predicted octanol–water partition coefficient (Wildman–Crippen LogP) is 3.14. The molecular weight excluding hydrogens is 380 g/mol. The summed E-state index contributed by atoms with van der Waals surface area (Å²) in [7, 11) is 0. The fourth-order valence-corrected chi connectivity index (χ4v) is 2.84. The third-order valence-corrected chi connectivity index (χ3v) is 4.65. The van der Waals surface area contributed by atoms with Gasteiger partial charge < -0.3 is 10.2 Å². The van der Waals surface area contributed by atoms with E-state index in [9.17, 15) is 35.2 Å². The summed E-state index contributed by atoms with van der Waals surface area (Å²) >= 11 is 0. The molecule has 1 radical (unpaired) electrons. The Morgan fingerprint density at radius 3 is 1.93 bits per heavy atom. The zero-order valence-corrected chi connectivity index (χ0v) is 17.0. The zero-order chi connectivity index (χ0) is 22.1. The van der Waals surface area contributed by atoms with Crippen LogP contribution in [0.15, 0.2) is 24.3 Å². The third kappa shape index (κ3) is 12.8. The summed E-state index contributed by atoms with van der Waals surface area (Å²) in [6.45, 7) is 2.10. The largest absolute Gasteiger partial charge is 0.386 e. The Kier molecular flexibility index (Phi) is 15.6. The first-order valence-electron chi connectivity index (χ1n) is 10.1. The molecule has 0 aliphatic rings. The molecule has 0 aromatic heterocycles. The summed E-state index contributed by atoms with van der Waals surface area (Å²) in [6, 6.07) is -2.45. The lowest BCUT2D eigenvalue weighted by Gasteiger charge is -2.14. The van der Waals surface area contributed by atoms with Crippen molar-refractivity contribution in [3.8, 4) is 0 Å². The van der Waals surface area contributed by atoms with Gasteiger partial charge in [-0.05, 0) is 32.1 Å². The van der Waals surface area contributed by atoms with Gasteiger partial charge in [-0.1, -0.05) is 44.1 Å². The van der Waals surface area contributed by atoms with Gasteiger partial charge in [0.1, 0.15) is 12.2 Å². The van der Waals surface area contributed by atoms with Crippen molar-refractivity contribution < 1.29 is 24.9 Å². The zero-order valence-electron chi connectivity index (χ0n) is 17.0. The van der Waals surface area contributed by atoms with Gasteiger partial charge >= 0.3 is 0 Å². The van der Waals surface area contributed by atoms with Crippen molar-refractivity contribution in [2.24, 2.45) is 0 Å². The number of allylic oxidation sites excluding steroid dienone is 1. The van der Waals surface area contributed by atoms with Crippen LogP contribution >= 0.6 is 0 Å². The molecule has 9 heteroatoms. The summed E-state index contributed by atoms with van der Waals surface area (Å²) in [4.78, 5) is 31.4. The first-order chi connectivity index (χ1) is 13.8. The van der Waals surface area contributed by atoms with Gasteiger partial charge in [0.05, 0.1) is 0 Å². The molecule has 0 aromatic rings. The number of nitrogens with zero attached hydrogens (tertiary/aromatic N) is 2. The molecule has 0 aliphatic heterocycles. The van der Waals surface area contributed by atoms with Gasteiger partial charge in [-0.15, -0.1) is 0 Å². The molecule has 0 amide bonds. The molecule has 29 heavy (non-hydrogen) atoms. The van der Waals surface area contributed by atoms with Crippen molar-refractivity contribution >= 4 is 6.29 Å². The van der Waals surface area contributed by atoms with E-state index in [1.54, 1.807) is 12.4 Å². The molecule has 4 atom stereocenters. The van der Waals surface area contributed by atoms with Crippen LogP contribution in [0.4, 0.5) is 0 Å². The van der Waals surface area contributed by atoms with E-state index in [0.29, 0.717) is 6.42 Å². The fourth-order valence-electron chi connectivity index (χ4n) is 2.84. The Balaban J connectivity index is 4.56. The summed E-state index contributed by atoms with van der Waals surface area (Å²) < 4.78 is 0. The van der Waals surface area contributed by atoms with Crippen LogP contribution in [0, 0.1) is 20.2 Å². The van der Waals surface area contributed by atoms with E-state index in [0.717, 1.165) is 25.7 Å². The van der Waals surface area contributed by atoms with E-state index < -0.39 is 34.1 Å². The molecule has 0 saturated carbocycles. The molecule has 0 rings (SSSR count). The number of hydrogen-bond donors (Lipinski definition) is 2. The minimum absolute atomic E-state index is 0.0571. The van der Waals surface area contributed by atoms with E-state index in [2.05, 4.69) is 6.92 Å². The number of unbranched alkanes of at least 4 members (excludes halogenated alkanes) is 4. The normalized spacial score (nSPS) is 16.0. The van der Waals surface area contributed by atoms with Gasteiger partial charge in [0.2, 0.25) is 12.1 Å². The summed E-state index contributed by atoms with van der Waals surface area (Å²) in [5.41, 5.74) is 0. The second-order valence-corrected chi connectivity index (χ2v) is 7.02. The molecule has 2 N–H and O–H groups in total. The van der Waals surface area contributed by atoms with Crippen LogP contribution in [0.2, 0.25) is 0 Å². The highest BCUT2D eigenvalue weighted by Gasteiger charge is 2.29. The lowest BCUT2D eigenvalue weighted by atomic mass is 10.0. The van der Waals surface area contributed by atoms with E-state index in [4.69, 9.17) is 0 Å². The van der Waals surface area contributed by atoms with Crippen molar-refractivity contribution in [3.05, 3.63) is 44.5 Å². The molecule has 0 fully saturated rings. The molecule has 0 aromatic carbocycles. The van der Waals surface area contributed by atoms with Crippen LogP contribution in [0.25, 0.3) is 0 Å². The van der Waals surface area contributed by atoms with Crippen LogP contribution in [-0.2, 0) is 4.79 Å². The van der Waals surface area contributed by atoms with Crippen LogP contribution in [-0.4, -0.2) is 50.6 Å². The van der Waals surface area contributed by atoms with Crippen molar-refractivity contribution in [2.45, 2.75) is 95.4 Å². The van der Waals surface area contributed by atoms with Crippen LogP contribution in [0.1, 0.15) is 71.1 Å². The summed E-state index contributed by atoms with van der Waals surface area (Å²) in [5.74, 6) is 0. The smallest absolute Gasteiger partial charge is 0.242 e. The van der Waals surface area contributed by atoms with E-state index in [-0.39, 0.29) is 32.1 Å². The molecule has 4 unspecified atom stereocenters. The molecule has 165 valence electrons. The quantitative estimate of drug-likeness (QED) is 0.152. The maximum absolute atomic E-state index is 11.2. The fraction of sp³-hybridized carbons (Fsp3) is 0.750. The maximum Gasteiger partial charge on any atom is 0.242 e. The number of carbonyl (C=O) groups excluding carboxylic acids is 1. The highest BCUT2D eigenvalue weighted by molar-refractivity contribution is 5.50. The van der Waals surface area contributed by atoms with Crippen LogP contribution in [0.3, 0.4) is 0 Å². The Hall–Kier alpha value is -2.13. The number of aliphatic hydroxyl groups excluding tert-OH is 2. The van der Waals surface area contributed by atoms with Gasteiger partial charge in [-0.3, -0.25) is 25.0 Å². The number of rotatable bonds is 18. The van der Waals surface area contributed by atoms with Crippen LogP contribution in [0.5, 0.6) is 0 Å². The van der Waals surface area contributed by atoms with Crippen molar-refractivity contribution in [1.29, 1.82) is 0 Å². The average Bonchev–Trinajstić information content (AvgIpc) is 2.66. The van der Waals surface area contributed by atoms with Gasteiger partial charge in [0.15, 0.2) is 6.29 Å². The van der Waals surface area contributed by atoms with Gasteiger partial charge in [-0.25, -0.2) is 0 Å². The topological polar surface area (TPSA) is 144 Å². The summed E-state index contributed by atoms with van der Waals surface area (Å²) in [6.07, 6.45) is 10.5. The molecule has 0 saturated heterocycles. The first kappa shape index (κ1) is 26.9. The third-order valence-electron chi connectivity index (χ3n) is 4.65. The van der Waals surface area contributed by atoms with Crippen molar-refractivity contribution in [1.82, 2.24) is 0 Å². The van der Waals surface area contributed by atoms with Crippen molar-refractivity contribution in [3.63, 3.8) is 0 Å². The minimum Gasteiger partial charge on any atom is -0.386 e.